The Kier molecular flexibility index (Phi) is 4.00. The van der Waals surface area contributed by atoms with Crippen LogP contribution >= 0.6 is 23.2 Å². The van der Waals surface area contributed by atoms with Crippen molar-refractivity contribution in [3.05, 3.63) is 69.5 Å². The molecule has 0 aliphatic rings. The molecule has 0 spiro atoms. The second-order valence-corrected chi connectivity index (χ2v) is 4.72. The second-order valence-electron chi connectivity index (χ2n) is 3.84. The summed E-state index contributed by atoms with van der Waals surface area (Å²) >= 11 is 11.4. The lowest BCUT2D eigenvalue weighted by molar-refractivity contribution is 0.0992. The molecule has 4 heteroatoms. The highest BCUT2D eigenvalue weighted by Gasteiger charge is 2.10. The molecule has 2 aromatic rings. The third kappa shape index (κ3) is 3.09. The molecule has 0 heterocycles. The van der Waals surface area contributed by atoms with Crippen LogP contribution in [-0.2, 0) is 6.42 Å². The molecule has 0 unspecified atom stereocenters. The van der Waals surface area contributed by atoms with Gasteiger partial charge in [0.05, 0.1) is 0 Å². The van der Waals surface area contributed by atoms with Gasteiger partial charge < -0.3 is 0 Å². The quantitative estimate of drug-likeness (QED) is 0.755. The van der Waals surface area contributed by atoms with Crippen molar-refractivity contribution in [3.63, 3.8) is 0 Å². The average Bonchev–Trinajstić information content (AvgIpc) is 2.33. The number of hydrogen-bond donors (Lipinski definition) is 0. The molecule has 0 amide bonds. The molecule has 2 rings (SSSR count). The molecule has 1 nitrogen and oxygen atoms in total. The highest BCUT2D eigenvalue weighted by molar-refractivity contribution is 6.31. The van der Waals surface area contributed by atoms with E-state index < -0.39 is 5.82 Å². The van der Waals surface area contributed by atoms with Crippen molar-refractivity contribution >= 4 is 29.0 Å². The van der Waals surface area contributed by atoms with E-state index in [0.29, 0.717) is 21.2 Å². The van der Waals surface area contributed by atoms with E-state index in [9.17, 15) is 9.18 Å². The first-order valence-electron chi connectivity index (χ1n) is 5.29. The van der Waals surface area contributed by atoms with Gasteiger partial charge in [-0.2, -0.15) is 0 Å². The molecule has 0 aliphatic heterocycles. The van der Waals surface area contributed by atoms with E-state index in [-0.39, 0.29) is 12.2 Å². The Morgan fingerprint density at radius 2 is 1.61 bits per heavy atom. The summed E-state index contributed by atoms with van der Waals surface area (Å²) in [5, 5.41) is 0.874. The Bertz CT molecular complexity index is 579. The van der Waals surface area contributed by atoms with E-state index in [1.807, 2.05) is 0 Å². The van der Waals surface area contributed by atoms with Crippen LogP contribution in [0, 0.1) is 5.82 Å². The van der Waals surface area contributed by atoms with Crippen molar-refractivity contribution in [3.8, 4) is 0 Å². The minimum absolute atomic E-state index is 0.00460. The third-order valence-corrected chi connectivity index (χ3v) is 3.02. The maximum absolute atomic E-state index is 13.5. The van der Waals surface area contributed by atoms with E-state index >= 15 is 0 Å². The van der Waals surface area contributed by atoms with E-state index in [0.717, 1.165) is 0 Å². The molecule has 0 saturated carbocycles. The molecule has 0 aromatic heterocycles. The molecular weight excluding hydrogens is 274 g/mol. The van der Waals surface area contributed by atoms with Crippen molar-refractivity contribution in [1.29, 1.82) is 0 Å². The fourth-order valence-corrected chi connectivity index (χ4v) is 1.86. The fourth-order valence-electron chi connectivity index (χ4n) is 1.58. The van der Waals surface area contributed by atoms with E-state index in [1.54, 1.807) is 30.3 Å². The Labute approximate surface area is 114 Å². The van der Waals surface area contributed by atoms with Crippen LogP contribution in [-0.4, -0.2) is 5.78 Å². The standard InChI is InChI=1S/C14H9Cl2FO/c15-11-4-1-9(2-5-11)14(18)7-10-3-6-12(16)8-13(10)17/h1-6,8H,7H2. The van der Waals surface area contributed by atoms with Gasteiger partial charge >= 0.3 is 0 Å². The van der Waals surface area contributed by atoms with Gasteiger partial charge in [0, 0.05) is 22.0 Å². The summed E-state index contributed by atoms with van der Waals surface area (Å²) in [5.74, 6) is -0.627. The maximum Gasteiger partial charge on any atom is 0.167 e. The lowest BCUT2D eigenvalue weighted by atomic mass is 10.0. The van der Waals surface area contributed by atoms with Gasteiger partial charge in [-0.3, -0.25) is 4.79 Å². The molecule has 0 radical (unpaired) electrons. The molecule has 18 heavy (non-hydrogen) atoms. The van der Waals surface area contributed by atoms with Gasteiger partial charge in [0.15, 0.2) is 5.78 Å². The zero-order valence-corrected chi connectivity index (χ0v) is 10.8. The Morgan fingerprint density at radius 3 is 2.22 bits per heavy atom. The van der Waals surface area contributed by atoms with E-state index in [2.05, 4.69) is 0 Å². The highest BCUT2D eigenvalue weighted by Crippen LogP contribution is 2.17. The summed E-state index contributed by atoms with van der Waals surface area (Å²) < 4.78 is 13.5. The molecule has 92 valence electrons. The van der Waals surface area contributed by atoms with E-state index in [1.165, 1.54) is 12.1 Å². The van der Waals surface area contributed by atoms with Crippen LogP contribution in [0.25, 0.3) is 0 Å². The Hall–Kier alpha value is -1.38. The van der Waals surface area contributed by atoms with Crippen molar-refractivity contribution in [2.45, 2.75) is 6.42 Å². The largest absolute Gasteiger partial charge is 0.294 e. The first kappa shape index (κ1) is 13.1. The van der Waals surface area contributed by atoms with Gasteiger partial charge in [-0.15, -0.1) is 0 Å². The number of hydrogen-bond acceptors (Lipinski definition) is 1. The van der Waals surface area contributed by atoms with Gasteiger partial charge in [0.1, 0.15) is 5.82 Å². The monoisotopic (exact) mass is 282 g/mol. The van der Waals surface area contributed by atoms with Gasteiger partial charge in [0.25, 0.3) is 0 Å². The summed E-state index contributed by atoms with van der Waals surface area (Å²) in [5.41, 5.74) is 0.841. The second kappa shape index (κ2) is 5.51. The number of Topliss-reactive ketones (excluding diaryl/α,β-unsaturated/α-hetero) is 1. The van der Waals surface area contributed by atoms with Crippen molar-refractivity contribution < 1.29 is 9.18 Å². The first-order valence-corrected chi connectivity index (χ1v) is 6.04. The van der Waals surface area contributed by atoms with Gasteiger partial charge in [-0.25, -0.2) is 4.39 Å². The number of rotatable bonds is 3. The predicted molar refractivity (Wildman–Crippen MR) is 70.9 cm³/mol. The average molecular weight is 283 g/mol. The van der Waals surface area contributed by atoms with Crippen LogP contribution < -0.4 is 0 Å². The number of halogens is 3. The lowest BCUT2D eigenvalue weighted by Crippen LogP contribution is -2.05. The molecule has 0 N–H and O–H groups in total. The molecule has 0 bridgehead atoms. The van der Waals surface area contributed by atoms with Gasteiger partial charge in [-0.1, -0.05) is 29.3 Å². The number of carbonyl (C=O) groups excluding carboxylic acids is 1. The SMILES string of the molecule is O=C(Cc1ccc(Cl)cc1F)c1ccc(Cl)cc1. The zero-order valence-electron chi connectivity index (χ0n) is 9.29. The van der Waals surface area contributed by atoms with Gasteiger partial charge in [0.2, 0.25) is 0 Å². The third-order valence-electron chi connectivity index (χ3n) is 2.53. The number of carbonyl (C=O) groups is 1. The first-order chi connectivity index (χ1) is 8.56. The summed E-state index contributed by atoms with van der Waals surface area (Å²) in [4.78, 5) is 11.9. The normalized spacial score (nSPS) is 10.4. The molecule has 0 aliphatic carbocycles. The van der Waals surface area contributed by atoms with E-state index in [4.69, 9.17) is 23.2 Å². The Balaban J connectivity index is 2.18. The summed E-state index contributed by atoms with van der Waals surface area (Å²) in [6, 6.07) is 10.8. The van der Waals surface area contributed by atoms with Crippen molar-refractivity contribution in [1.82, 2.24) is 0 Å². The molecular formula is C14H9Cl2FO. The van der Waals surface area contributed by atoms with Crippen molar-refractivity contribution in [2.24, 2.45) is 0 Å². The van der Waals surface area contributed by atoms with Crippen molar-refractivity contribution in [2.75, 3.05) is 0 Å². The molecule has 2 aromatic carbocycles. The minimum Gasteiger partial charge on any atom is -0.294 e. The van der Waals surface area contributed by atoms with Crippen LogP contribution in [0.3, 0.4) is 0 Å². The molecule has 0 saturated heterocycles. The number of benzene rings is 2. The fraction of sp³-hybridized carbons (Fsp3) is 0.0714. The zero-order chi connectivity index (χ0) is 13.1. The Morgan fingerprint density at radius 1 is 1.00 bits per heavy atom. The topological polar surface area (TPSA) is 17.1 Å². The van der Waals surface area contributed by atoms with Crippen LogP contribution in [0.1, 0.15) is 15.9 Å². The summed E-state index contributed by atoms with van der Waals surface area (Å²) in [6.07, 6.45) is 0.00460. The highest BCUT2D eigenvalue weighted by atomic mass is 35.5. The summed E-state index contributed by atoms with van der Waals surface area (Å²) in [7, 11) is 0. The predicted octanol–water partition coefficient (Wildman–Crippen LogP) is 4.56. The lowest BCUT2D eigenvalue weighted by Gasteiger charge is -2.03. The smallest absolute Gasteiger partial charge is 0.167 e. The molecule has 0 atom stereocenters. The molecule has 0 fully saturated rings. The maximum atomic E-state index is 13.5. The van der Waals surface area contributed by atoms with Crippen LogP contribution in [0.2, 0.25) is 10.0 Å². The van der Waals surface area contributed by atoms with Crippen LogP contribution in [0.4, 0.5) is 4.39 Å². The summed E-state index contributed by atoms with van der Waals surface area (Å²) in [6.45, 7) is 0. The minimum atomic E-state index is -0.468. The van der Waals surface area contributed by atoms with Gasteiger partial charge in [-0.05, 0) is 42.0 Å². The van der Waals surface area contributed by atoms with Crippen LogP contribution in [0.15, 0.2) is 42.5 Å². The number of ketones is 1. The van der Waals surface area contributed by atoms with Crippen LogP contribution in [0.5, 0.6) is 0 Å².